The number of ether oxygens (including phenoxy) is 2. The first kappa shape index (κ1) is 14.3. The minimum Gasteiger partial charge on any atom is -0.446 e. The molecule has 0 unspecified atom stereocenters. The maximum absolute atomic E-state index is 11.3. The van der Waals surface area contributed by atoms with E-state index in [-0.39, 0.29) is 12.2 Å². The molecule has 0 bridgehead atoms. The van der Waals surface area contributed by atoms with Gasteiger partial charge in [0, 0.05) is 13.2 Å². The number of rotatable bonds is 8. The fourth-order valence-electron chi connectivity index (χ4n) is 1.98. The van der Waals surface area contributed by atoms with Crippen molar-refractivity contribution in [3.8, 4) is 0 Å². The molecule has 1 aliphatic carbocycles. The molecule has 0 aromatic rings. The summed E-state index contributed by atoms with van der Waals surface area (Å²) in [6, 6.07) is 0. The van der Waals surface area contributed by atoms with Crippen LogP contribution >= 0.6 is 0 Å². The lowest BCUT2D eigenvalue weighted by Gasteiger charge is -2.12. The van der Waals surface area contributed by atoms with E-state index < -0.39 is 0 Å². The molecule has 0 atom stereocenters. The van der Waals surface area contributed by atoms with Crippen molar-refractivity contribution in [2.75, 3.05) is 19.8 Å². The summed E-state index contributed by atoms with van der Waals surface area (Å²) < 4.78 is 10.6. The Kier molecular flexibility index (Phi) is 7.80. The van der Waals surface area contributed by atoms with E-state index in [1.807, 2.05) is 0 Å². The smallest absolute Gasteiger partial charge is 0.407 e. The molecule has 0 aliphatic heterocycles. The third kappa shape index (κ3) is 7.21. The van der Waals surface area contributed by atoms with Crippen LogP contribution in [0.2, 0.25) is 0 Å². The van der Waals surface area contributed by atoms with E-state index in [9.17, 15) is 4.79 Å². The zero-order chi connectivity index (χ0) is 12.3. The normalized spacial score (nSPS) is 16.1. The van der Waals surface area contributed by atoms with Gasteiger partial charge in [0.2, 0.25) is 0 Å². The number of hydrogen-bond acceptors (Lipinski definition) is 3. The molecule has 1 fully saturated rings. The predicted octanol–water partition coefficient (Wildman–Crippen LogP) is 2.86. The van der Waals surface area contributed by atoms with Crippen molar-refractivity contribution >= 4 is 6.09 Å². The Labute approximate surface area is 104 Å². The molecule has 17 heavy (non-hydrogen) atoms. The Morgan fingerprint density at radius 2 is 2.00 bits per heavy atom. The van der Waals surface area contributed by atoms with E-state index in [2.05, 4.69) is 12.2 Å². The van der Waals surface area contributed by atoms with Gasteiger partial charge in [-0.25, -0.2) is 4.79 Å². The van der Waals surface area contributed by atoms with Gasteiger partial charge in [-0.1, -0.05) is 19.8 Å². The fourth-order valence-corrected chi connectivity index (χ4v) is 1.98. The monoisotopic (exact) mass is 243 g/mol. The van der Waals surface area contributed by atoms with Gasteiger partial charge in [0.15, 0.2) is 0 Å². The second-order valence-corrected chi connectivity index (χ2v) is 4.56. The highest BCUT2D eigenvalue weighted by atomic mass is 16.6. The fraction of sp³-hybridized carbons (Fsp3) is 0.923. The highest BCUT2D eigenvalue weighted by Gasteiger charge is 2.18. The van der Waals surface area contributed by atoms with Crippen LogP contribution in [-0.2, 0) is 9.47 Å². The Morgan fingerprint density at radius 1 is 1.24 bits per heavy atom. The van der Waals surface area contributed by atoms with Crippen LogP contribution in [0.25, 0.3) is 0 Å². The van der Waals surface area contributed by atoms with Crippen LogP contribution in [-0.4, -0.2) is 32.0 Å². The lowest BCUT2D eigenvalue weighted by molar-refractivity contribution is 0.0929. The third-order valence-corrected chi connectivity index (χ3v) is 2.98. The number of alkyl carbamates (subject to hydrolysis) is 1. The lowest BCUT2D eigenvalue weighted by Crippen LogP contribution is -2.30. The van der Waals surface area contributed by atoms with Crippen LogP contribution in [0.1, 0.15) is 51.9 Å². The van der Waals surface area contributed by atoms with Crippen LogP contribution in [0, 0.1) is 0 Å². The number of hydrogen-bond donors (Lipinski definition) is 1. The van der Waals surface area contributed by atoms with Gasteiger partial charge in [0.25, 0.3) is 0 Å². The molecular formula is C13H25NO3. The summed E-state index contributed by atoms with van der Waals surface area (Å²) in [5.41, 5.74) is 0. The first-order valence-corrected chi connectivity index (χ1v) is 6.85. The molecule has 4 heteroatoms. The molecule has 0 aromatic heterocycles. The topological polar surface area (TPSA) is 47.6 Å². The van der Waals surface area contributed by atoms with E-state index in [4.69, 9.17) is 9.47 Å². The molecule has 0 heterocycles. The highest BCUT2D eigenvalue weighted by Crippen LogP contribution is 2.20. The van der Waals surface area contributed by atoms with E-state index in [0.717, 1.165) is 25.9 Å². The summed E-state index contributed by atoms with van der Waals surface area (Å²) in [6.45, 7) is 4.06. The van der Waals surface area contributed by atoms with Crippen LogP contribution in [0.4, 0.5) is 4.79 Å². The largest absolute Gasteiger partial charge is 0.446 e. The van der Waals surface area contributed by atoms with Crippen LogP contribution in [0.5, 0.6) is 0 Å². The molecule has 1 saturated carbocycles. The molecule has 100 valence electrons. The standard InChI is InChI=1S/C13H25NO3/c1-2-3-6-10-16-11-9-14-13(15)17-12-7-4-5-8-12/h12H,2-11H2,1H3,(H,14,15). The minimum atomic E-state index is -0.297. The molecule has 1 amide bonds. The molecule has 1 N–H and O–H groups in total. The van der Waals surface area contributed by atoms with Gasteiger partial charge < -0.3 is 14.8 Å². The van der Waals surface area contributed by atoms with Crippen molar-refractivity contribution in [3.05, 3.63) is 0 Å². The SMILES string of the molecule is CCCCCOCCNC(=O)OC1CCCC1. The Hall–Kier alpha value is -0.770. The van der Waals surface area contributed by atoms with Crippen molar-refractivity contribution in [2.45, 2.75) is 58.0 Å². The van der Waals surface area contributed by atoms with Gasteiger partial charge in [-0.15, -0.1) is 0 Å². The number of carbonyl (C=O) groups excluding carboxylic acids is 1. The zero-order valence-electron chi connectivity index (χ0n) is 10.9. The van der Waals surface area contributed by atoms with Crippen molar-refractivity contribution in [3.63, 3.8) is 0 Å². The minimum absolute atomic E-state index is 0.139. The molecule has 4 nitrogen and oxygen atoms in total. The van der Waals surface area contributed by atoms with Crippen molar-refractivity contribution in [2.24, 2.45) is 0 Å². The highest BCUT2D eigenvalue weighted by molar-refractivity contribution is 5.67. The summed E-state index contributed by atoms with van der Waals surface area (Å²) in [4.78, 5) is 11.3. The summed E-state index contributed by atoms with van der Waals surface area (Å²) in [6.07, 6.45) is 7.74. The van der Waals surface area contributed by atoms with Gasteiger partial charge in [-0.2, -0.15) is 0 Å². The average Bonchev–Trinajstić information content (AvgIpc) is 2.80. The van der Waals surface area contributed by atoms with E-state index >= 15 is 0 Å². The maximum Gasteiger partial charge on any atom is 0.407 e. The third-order valence-electron chi connectivity index (χ3n) is 2.98. The summed E-state index contributed by atoms with van der Waals surface area (Å²) in [5.74, 6) is 0. The summed E-state index contributed by atoms with van der Waals surface area (Å²) in [5, 5.41) is 2.71. The van der Waals surface area contributed by atoms with Crippen molar-refractivity contribution in [1.29, 1.82) is 0 Å². The van der Waals surface area contributed by atoms with Gasteiger partial charge in [0.05, 0.1) is 6.61 Å². The molecule has 1 aliphatic rings. The van der Waals surface area contributed by atoms with Crippen molar-refractivity contribution in [1.82, 2.24) is 5.32 Å². The predicted molar refractivity (Wildman–Crippen MR) is 67.1 cm³/mol. The Bertz CT molecular complexity index is 203. The van der Waals surface area contributed by atoms with Crippen molar-refractivity contribution < 1.29 is 14.3 Å². The van der Waals surface area contributed by atoms with Gasteiger partial charge in [-0.3, -0.25) is 0 Å². The first-order chi connectivity index (χ1) is 8.33. The van der Waals surface area contributed by atoms with E-state index in [1.54, 1.807) is 0 Å². The Balaban J connectivity index is 1.86. The van der Waals surface area contributed by atoms with Gasteiger partial charge in [0.1, 0.15) is 6.10 Å². The average molecular weight is 243 g/mol. The second kappa shape index (κ2) is 9.28. The second-order valence-electron chi connectivity index (χ2n) is 4.56. The molecule has 0 aromatic carbocycles. The summed E-state index contributed by atoms with van der Waals surface area (Å²) >= 11 is 0. The molecule has 0 radical (unpaired) electrons. The Morgan fingerprint density at radius 3 is 2.71 bits per heavy atom. The van der Waals surface area contributed by atoms with Gasteiger partial charge >= 0.3 is 6.09 Å². The lowest BCUT2D eigenvalue weighted by atomic mass is 10.3. The molecule has 0 spiro atoms. The number of nitrogens with one attached hydrogen (secondary N) is 1. The quantitative estimate of drug-likeness (QED) is 0.667. The van der Waals surface area contributed by atoms with Gasteiger partial charge in [-0.05, 0) is 32.1 Å². The number of carbonyl (C=O) groups is 1. The van der Waals surface area contributed by atoms with Crippen LogP contribution in [0.15, 0.2) is 0 Å². The zero-order valence-corrected chi connectivity index (χ0v) is 10.9. The van der Waals surface area contributed by atoms with E-state index in [1.165, 1.54) is 25.7 Å². The summed E-state index contributed by atoms with van der Waals surface area (Å²) in [7, 11) is 0. The maximum atomic E-state index is 11.3. The molecular weight excluding hydrogens is 218 g/mol. The molecule has 1 rings (SSSR count). The molecule has 0 saturated heterocycles. The van der Waals surface area contributed by atoms with Crippen LogP contribution in [0.3, 0.4) is 0 Å². The number of amides is 1. The van der Waals surface area contributed by atoms with Crippen LogP contribution < -0.4 is 5.32 Å². The number of unbranched alkanes of at least 4 members (excludes halogenated alkanes) is 2. The first-order valence-electron chi connectivity index (χ1n) is 6.85. The van der Waals surface area contributed by atoms with E-state index in [0.29, 0.717) is 13.2 Å².